The molecule has 0 aliphatic heterocycles. The van der Waals surface area contributed by atoms with Gasteiger partial charge in [0.1, 0.15) is 18.2 Å². The van der Waals surface area contributed by atoms with Crippen molar-refractivity contribution >= 4 is 17.4 Å². The van der Waals surface area contributed by atoms with Crippen LogP contribution < -0.4 is 14.2 Å². The largest absolute Gasteiger partial charge is 0.493 e. The summed E-state index contributed by atoms with van der Waals surface area (Å²) in [6.45, 7) is -0.144. The third-order valence-electron chi connectivity index (χ3n) is 4.59. The molecule has 144 valence electrons. The lowest BCUT2D eigenvalue weighted by Gasteiger charge is -2.29. The number of hydrogen-bond donors (Lipinski definition) is 1. The minimum atomic E-state index is -0.558. The highest BCUT2D eigenvalue weighted by Crippen LogP contribution is 2.50. The molecule has 0 saturated heterocycles. The predicted octanol–water partition coefficient (Wildman–Crippen LogP) is 3.51. The smallest absolute Gasteiger partial charge is 0.203 e. The van der Waals surface area contributed by atoms with E-state index in [1.807, 2.05) is 0 Å². The quantitative estimate of drug-likeness (QED) is 0.812. The summed E-state index contributed by atoms with van der Waals surface area (Å²) in [6, 6.07) is 5.99. The van der Waals surface area contributed by atoms with Gasteiger partial charge in [0.2, 0.25) is 5.75 Å². The molecule has 2 aromatic rings. The third kappa shape index (κ3) is 3.73. The fourth-order valence-corrected chi connectivity index (χ4v) is 3.69. The monoisotopic (exact) mass is 394 g/mol. The number of rotatable bonds is 6. The summed E-state index contributed by atoms with van der Waals surface area (Å²) < 4.78 is 31.1. The van der Waals surface area contributed by atoms with Crippen LogP contribution in [-0.2, 0) is 11.2 Å². The van der Waals surface area contributed by atoms with E-state index in [-0.39, 0.29) is 31.8 Å². The highest BCUT2D eigenvalue weighted by atomic mass is 35.5. The number of fused-ring (bicyclic) bond motifs is 1. The minimum absolute atomic E-state index is 0.0139. The van der Waals surface area contributed by atoms with Gasteiger partial charge < -0.3 is 19.3 Å². The van der Waals surface area contributed by atoms with Gasteiger partial charge in [-0.2, -0.15) is 0 Å². The summed E-state index contributed by atoms with van der Waals surface area (Å²) in [7, 11) is 2.95. The second kappa shape index (κ2) is 8.15. The molecule has 0 saturated carbocycles. The molecule has 1 atom stereocenters. The van der Waals surface area contributed by atoms with Gasteiger partial charge in [0.25, 0.3) is 0 Å². The Morgan fingerprint density at radius 3 is 2.67 bits per heavy atom. The Morgan fingerprint density at radius 1 is 1.22 bits per heavy atom. The molecule has 0 amide bonds. The van der Waals surface area contributed by atoms with Crippen LogP contribution >= 0.6 is 11.6 Å². The van der Waals surface area contributed by atoms with Crippen molar-refractivity contribution in [2.45, 2.75) is 18.8 Å². The van der Waals surface area contributed by atoms with Crippen molar-refractivity contribution in [3.8, 4) is 17.2 Å². The molecular formula is C20H20ClFO5. The normalized spacial score (nSPS) is 16.0. The van der Waals surface area contributed by atoms with Gasteiger partial charge in [-0.25, -0.2) is 4.39 Å². The molecule has 0 fully saturated rings. The molecule has 0 aromatic heterocycles. The van der Waals surface area contributed by atoms with Gasteiger partial charge in [-0.3, -0.25) is 4.79 Å². The predicted molar refractivity (Wildman–Crippen MR) is 98.7 cm³/mol. The molecule has 0 heterocycles. The number of ketones is 1. The zero-order chi connectivity index (χ0) is 19.6. The van der Waals surface area contributed by atoms with Crippen LogP contribution in [0.1, 0.15) is 29.0 Å². The van der Waals surface area contributed by atoms with Gasteiger partial charge in [0.15, 0.2) is 11.5 Å². The fourth-order valence-electron chi connectivity index (χ4n) is 3.51. The second-order valence-electron chi connectivity index (χ2n) is 6.22. The Labute approximate surface area is 161 Å². The number of carbonyl (C=O) groups excluding carboxylic acids is 1. The minimum Gasteiger partial charge on any atom is -0.493 e. The van der Waals surface area contributed by atoms with Crippen molar-refractivity contribution < 1.29 is 28.5 Å². The number of carbonyl (C=O) groups is 1. The van der Waals surface area contributed by atoms with E-state index in [2.05, 4.69) is 0 Å². The number of ether oxygens (including phenoxy) is 3. The highest BCUT2D eigenvalue weighted by molar-refractivity contribution is 6.30. The topological polar surface area (TPSA) is 65.0 Å². The summed E-state index contributed by atoms with van der Waals surface area (Å²) in [6.07, 6.45) is 0.327. The second-order valence-corrected chi connectivity index (χ2v) is 6.66. The lowest BCUT2D eigenvalue weighted by atomic mass is 9.77. The first kappa shape index (κ1) is 19.5. The van der Waals surface area contributed by atoms with E-state index < -0.39 is 11.7 Å². The Morgan fingerprint density at radius 2 is 2.00 bits per heavy atom. The maximum absolute atomic E-state index is 14.6. The molecule has 0 bridgehead atoms. The lowest BCUT2D eigenvalue weighted by molar-refractivity contribution is -0.119. The van der Waals surface area contributed by atoms with Gasteiger partial charge in [-0.1, -0.05) is 11.6 Å². The van der Waals surface area contributed by atoms with E-state index in [0.29, 0.717) is 39.0 Å². The van der Waals surface area contributed by atoms with Crippen LogP contribution in [0.25, 0.3) is 0 Å². The van der Waals surface area contributed by atoms with Crippen LogP contribution in [0.5, 0.6) is 17.2 Å². The molecule has 3 rings (SSSR count). The molecule has 1 unspecified atom stereocenters. The first-order valence-corrected chi connectivity index (χ1v) is 8.86. The number of benzene rings is 2. The van der Waals surface area contributed by atoms with Crippen LogP contribution in [0.2, 0.25) is 5.02 Å². The standard InChI is InChI=1S/C20H20ClFO5/c1-25-17-8-11-7-13(24)10-15(14-9-12(21)3-4-16(14)22)18(11)20(26-2)19(17)27-6-5-23/h3-4,8-9,15,23H,5-7,10H2,1-2H3. The molecule has 5 nitrogen and oxygen atoms in total. The van der Waals surface area contributed by atoms with E-state index in [0.717, 1.165) is 0 Å². The summed E-state index contributed by atoms with van der Waals surface area (Å²) in [5.74, 6) is 0.0568. The fraction of sp³-hybridized carbons (Fsp3) is 0.350. The lowest BCUT2D eigenvalue weighted by Crippen LogP contribution is -2.22. The Kier molecular flexibility index (Phi) is 5.87. The maximum Gasteiger partial charge on any atom is 0.203 e. The van der Waals surface area contributed by atoms with Crippen LogP contribution in [0.3, 0.4) is 0 Å². The van der Waals surface area contributed by atoms with Gasteiger partial charge in [-0.05, 0) is 35.4 Å². The Hall–Kier alpha value is -2.31. The molecule has 0 spiro atoms. The number of halogens is 2. The van der Waals surface area contributed by atoms with E-state index in [9.17, 15) is 9.18 Å². The number of aliphatic hydroxyl groups excluding tert-OH is 1. The highest BCUT2D eigenvalue weighted by Gasteiger charge is 2.34. The van der Waals surface area contributed by atoms with Gasteiger partial charge in [0, 0.05) is 29.3 Å². The first-order valence-electron chi connectivity index (χ1n) is 8.48. The van der Waals surface area contributed by atoms with Crippen LogP contribution in [0, 0.1) is 5.82 Å². The SMILES string of the molecule is COc1cc2c(c(OC)c1OCCO)C(c1cc(Cl)ccc1F)CC(=O)C2. The van der Waals surface area contributed by atoms with Crippen molar-refractivity contribution in [3.63, 3.8) is 0 Å². The van der Waals surface area contributed by atoms with Gasteiger partial charge in [0.05, 0.1) is 20.8 Å². The van der Waals surface area contributed by atoms with E-state index in [1.54, 1.807) is 6.07 Å². The van der Waals surface area contributed by atoms with Gasteiger partial charge in [-0.15, -0.1) is 0 Å². The number of Topliss-reactive ketones (excluding diaryl/α,β-unsaturated/α-hetero) is 1. The van der Waals surface area contributed by atoms with Crippen LogP contribution in [0.15, 0.2) is 24.3 Å². The summed E-state index contributed by atoms with van der Waals surface area (Å²) in [5, 5.41) is 9.49. The third-order valence-corrected chi connectivity index (χ3v) is 4.82. The summed E-state index contributed by atoms with van der Waals surface area (Å²) >= 11 is 6.07. The van der Waals surface area contributed by atoms with Crippen molar-refractivity contribution in [3.05, 3.63) is 51.8 Å². The van der Waals surface area contributed by atoms with E-state index in [4.69, 9.17) is 30.9 Å². The first-order chi connectivity index (χ1) is 13.0. The Balaban J connectivity index is 2.25. The van der Waals surface area contributed by atoms with E-state index >= 15 is 0 Å². The Bertz CT molecular complexity index is 868. The number of hydrogen-bond acceptors (Lipinski definition) is 5. The van der Waals surface area contributed by atoms with Gasteiger partial charge >= 0.3 is 0 Å². The molecule has 1 N–H and O–H groups in total. The molecule has 0 radical (unpaired) electrons. The molecule has 1 aliphatic rings. The van der Waals surface area contributed by atoms with Crippen molar-refractivity contribution in [2.24, 2.45) is 0 Å². The van der Waals surface area contributed by atoms with Crippen LogP contribution in [0.4, 0.5) is 4.39 Å². The van der Waals surface area contributed by atoms with Crippen molar-refractivity contribution in [2.75, 3.05) is 27.4 Å². The molecule has 27 heavy (non-hydrogen) atoms. The average Bonchev–Trinajstić information content (AvgIpc) is 2.66. The zero-order valence-electron chi connectivity index (χ0n) is 15.1. The zero-order valence-corrected chi connectivity index (χ0v) is 15.8. The summed E-state index contributed by atoms with van der Waals surface area (Å²) in [4.78, 5) is 12.4. The molecule has 1 aliphatic carbocycles. The number of methoxy groups -OCH3 is 2. The van der Waals surface area contributed by atoms with Crippen LogP contribution in [-0.4, -0.2) is 38.3 Å². The number of aliphatic hydroxyl groups is 1. The molecule has 2 aromatic carbocycles. The maximum atomic E-state index is 14.6. The molecular weight excluding hydrogens is 375 g/mol. The summed E-state index contributed by atoms with van der Waals surface area (Å²) in [5.41, 5.74) is 1.70. The van der Waals surface area contributed by atoms with E-state index in [1.165, 1.54) is 32.4 Å². The molecule has 7 heteroatoms. The van der Waals surface area contributed by atoms with Crippen molar-refractivity contribution in [1.82, 2.24) is 0 Å². The average molecular weight is 395 g/mol. The van der Waals surface area contributed by atoms with Crippen molar-refractivity contribution in [1.29, 1.82) is 0 Å².